The molecule has 1 atom stereocenters. The Bertz CT molecular complexity index is 461. The molecule has 1 aliphatic rings. The summed E-state index contributed by atoms with van der Waals surface area (Å²) in [7, 11) is 0. The first-order valence-corrected chi connectivity index (χ1v) is 8.05. The summed E-state index contributed by atoms with van der Waals surface area (Å²) in [6.45, 7) is 9.51. The lowest BCUT2D eigenvalue weighted by atomic mass is 10.1. The van der Waals surface area contributed by atoms with Crippen molar-refractivity contribution in [2.24, 2.45) is 0 Å². The van der Waals surface area contributed by atoms with Crippen LogP contribution in [-0.2, 0) is 4.74 Å². The predicted molar refractivity (Wildman–Crippen MR) is 81.6 cm³/mol. The van der Waals surface area contributed by atoms with E-state index in [1.165, 1.54) is 24.5 Å². The van der Waals surface area contributed by atoms with Gasteiger partial charge in [-0.05, 0) is 51.3 Å². The summed E-state index contributed by atoms with van der Waals surface area (Å²) in [6, 6.07) is 0.386. The highest BCUT2D eigenvalue weighted by molar-refractivity contribution is 7.10. The zero-order valence-electron chi connectivity index (χ0n) is 12.4. The van der Waals surface area contributed by atoms with Crippen LogP contribution in [-0.4, -0.2) is 47.5 Å². The molecular formula is C14H23N3O2S. The summed E-state index contributed by atoms with van der Waals surface area (Å²) in [6.07, 6.45) is 2.33. The van der Waals surface area contributed by atoms with Gasteiger partial charge in [0.2, 0.25) is 0 Å². The summed E-state index contributed by atoms with van der Waals surface area (Å²) in [5, 5.41) is 4.34. The molecule has 0 spiro atoms. The number of aryl methyl sites for hydroxylation is 1. The summed E-state index contributed by atoms with van der Waals surface area (Å²) in [5.41, 5.74) is 1.35. The van der Waals surface area contributed by atoms with E-state index in [1.807, 2.05) is 13.8 Å². The molecule has 1 aliphatic heterocycles. The first-order chi connectivity index (χ1) is 9.65. The fourth-order valence-electron chi connectivity index (χ4n) is 2.56. The van der Waals surface area contributed by atoms with Crippen LogP contribution in [0, 0.1) is 6.92 Å². The zero-order valence-corrected chi connectivity index (χ0v) is 13.3. The number of aromatic nitrogens is 1. The molecule has 5 nitrogen and oxygen atoms in total. The quantitative estimate of drug-likeness (QED) is 0.846. The van der Waals surface area contributed by atoms with Crippen molar-refractivity contribution >= 4 is 22.5 Å². The number of esters is 1. The maximum absolute atomic E-state index is 12.0. The second kappa shape index (κ2) is 7.04. The van der Waals surface area contributed by atoms with Gasteiger partial charge in [-0.25, -0.2) is 4.79 Å². The van der Waals surface area contributed by atoms with Gasteiger partial charge in [-0.2, -0.15) is 4.37 Å². The van der Waals surface area contributed by atoms with E-state index in [4.69, 9.17) is 4.74 Å². The topological polar surface area (TPSA) is 54.5 Å². The third-order valence-electron chi connectivity index (χ3n) is 3.63. The van der Waals surface area contributed by atoms with E-state index < -0.39 is 0 Å². The minimum atomic E-state index is -0.274. The third-order valence-corrected chi connectivity index (χ3v) is 4.50. The SMILES string of the molecule is CCOC(=O)c1c(C)nsc1NC1CCCN(CC)C1. The van der Waals surface area contributed by atoms with Gasteiger partial charge in [0.15, 0.2) is 0 Å². The van der Waals surface area contributed by atoms with E-state index in [9.17, 15) is 4.79 Å². The molecule has 1 N–H and O–H groups in total. The zero-order chi connectivity index (χ0) is 14.5. The number of nitrogens with one attached hydrogen (secondary N) is 1. The normalized spacial score (nSPS) is 19.9. The molecule has 1 saturated heterocycles. The fraction of sp³-hybridized carbons (Fsp3) is 0.714. The average molecular weight is 297 g/mol. The lowest BCUT2D eigenvalue weighted by Gasteiger charge is -2.32. The molecule has 0 amide bonds. The highest BCUT2D eigenvalue weighted by Gasteiger charge is 2.24. The van der Waals surface area contributed by atoms with E-state index in [-0.39, 0.29) is 5.97 Å². The van der Waals surface area contributed by atoms with Gasteiger partial charge in [0.05, 0.1) is 12.3 Å². The second-order valence-electron chi connectivity index (χ2n) is 5.07. The Morgan fingerprint density at radius 1 is 1.55 bits per heavy atom. The largest absolute Gasteiger partial charge is 0.462 e. The van der Waals surface area contributed by atoms with E-state index >= 15 is 0 Å². The van der Waals surface area contributed by atoms with Crippen LogP contribution in [0.2, 0.25) is 0 Å². The first kappa shape index (κ1) is 15.3. The van der Waals surface area contributed by atoms with Crippen molar-refractivity contribution < 1.29 is 9.53 Å². The first-order valence-electron chi connectivity index (χ1n) is 7.28. The number of likely N-dealkylation sites (N-methyl/N-ethyl adjacent to an activating group) is 1. The van der Waals surface area contributed by atoms with Crippen LogP contribution < -0.4 is 5.32 Å². The van der Waals surface area contributed by atoms with Crippen LogP contribution in [0.3, 0.4) is 0 Å². The monoisotopic (exact) mass is 297 g/mol. The standard InChI is InChI=1S/C14H23N3O2S/c1-4-17-8-6-7-11(9-17)15-13-12(10(3)16-20-13)14(18)19-5-2/h11,15H,4-9H2,1-3H3. The number of carbonyl (C=O) groups is 1. The summed E-state index contributed by atoms with van der Waals surface area (Å²) in [5.74, 6) is -0.274. The number of ether oxygens (including phenoxy) is 1. The van der Waals surface area contributed by atoms with Gasteiger partial charge in [-0.3, -0.25) is 0 Å². The second-order valence-corrected chi connectivity index (χ2v) is 5.84. The minimum absolute atomic E-state index is 0.274. The Balaban J connectivity index is 2.07. The molecule has 0 bridgehead atoms. The fourth-order valence-corrected chi connectivity index (χ4v) is 3.42. The predicted octanol–water partition coefficient (Wildman–Crippen LogP) is 2.52. The molecule has 0 aliphatic carbocycles. The van der Waals surface area contributed by atoms with Gasteiger partial charge in [-0.15, -0.1) is 0 Å². The van der Waals surface area contributed by atoms with Crippen molar-refractivity contribution in [2.75, 3.05) is 31.6 Å². The van der Waals surface area contributed by atoms with Crippen molar-refractivity contribution in [1.82, 2.24) is 9.27 Å². The molecule has 2 heterocycles. The molecule has 1 fully saturated rings. The number of hydrogen-bond acceptors (Lipinski definition) is 6. The molecule has 2 rings (SSSR count). The number of rotatable bonds is 5. The van der Waals surface area contributed by atoms with Gasteiger partial charge < -0.3 is 15.0 Å². The van der Waals surface area contributed by atoms with Gasteiger partial charge in [0.25, 0.3) is 0 Å². The van der Waals surface area contributed by atoms with Gasteiger partial charge >= 0.3 is 5.97 Å². The number of carbonyl (C=O) groups excluding carboxylic acids is 1. The molecule has 0 saturated carbocycles. The van der Waals surface area contributed by atoms with E-state index in [1.54, 1.807) is 0 Å². The summed E-state index contributed by atoms with van der Waals surface area (Å²) in [4.78, 5) is 14.4. The molecule has 1 aromatic heterocycles. The molecule has 0 aromatic carbocycles. The van der Waals surface area contributed by atoms with E-state index in [0.717, 1.165) is 30.2 Å². The molecule has 1 unspecified atom stereocenters. The number of piperidine rings is 1. The third kappa shape index (κ3) is 3.49. The lowest BCUT2D eigenvalue weighted by Crippen LogP contribution is -2.41. The Morgan fingerprint density at radius 3 is 3.05 bits per heavy atom. The van der Waals surface area contributed by atoms with Crippen molar-refractivity contribution in [1.29, 1.82) is 0 Å². The van der Waals surface area contributed by atoms with Crippen LogP contribution in [0.15, 0.2) is 0 Å². The Kier molecular flexibility index (Phi) is 5.37. The van der Waals surface area contributed by atoms with Crippen molar-refractivity contribution in [3.63, 3.8) is 0 Å². The summed E-state index contributed by atoms with van der Waals surface area (Å²) >= 11 is 1.35. The summed E-state index contributed by atoms with van der Waals surface area (Å²) < 4.78 is 9.41. The van der Waals surface area contributed by atoms with Crippen molar-refractivity contribution in [3.8, 4) is 0 Å². The van der Waals surface area contributed by atoms with Crippen molar-refractivity contribution in [2.45, 2.75) is 39.7 Å². The van der Waals surface area contributed by atoms with E-state index in [2.05, 4.69) is 21.5 Å². The minimum Gasteiger partial charge on any atom is -0.462 e. The van der Waals surface area contributed by atoms with Crippen LogP contribution >= 0.6 is 11.5 Å². The molecule has 0 radical (unpaired) electrons. The number of anilines is 1. The molecular weight excluding hydrogens is 274 g/mol. The number of likely N-dealkylation sites (tertiary alicyclic amines) is 1. The molecule has 20 heavy (non-hydrogen) atoms. The number of hydrogen-bond donors (Lipinski definition) is 1. The van der Waals surface area contributed by atoms with Crippen molar-refractivity contribution in [3.05, 3.63) is 11.3 Å². The van der Waals surface area contributed by atoms with Gasteiger partial charge in [-0.1, -0.05) is 6.92 Å². The Hall–Kier alpha value is -1.14. The average Bonchev–Trinajstić information content (AvgIpc) is 2.80. The van der Waals surface area contributed by atoms with E-state index in [0.29, 0.717) is 18.2 Å². The van der Waals surface area contributed by atoms with Crippen LogP contribution in [0.5, 0.6) is 0 Å². The molecule has 6 heteroatoms. The van der Waals surface area contributed by atoms with Crippen LogP contribution in [0.25, 0.3) is 0 Å². The van der Waals surface area contributed by atoms with Crippen LogP contribution in [0.1, 0.15) is 42.7 Å². The highest BCUT2D eigenvalue weighted by atomic mass is 32.1. The lowest BCUT2D eigenvalue weighted by molar-refractivity contribution is 0.0527. The highest BCUT2D eigenvalue weighted by Crippen LogP contribution is 2.27. The van der Waals surface area contributed by atoms with Gasteiger partial charge in [0, 0.05) is 12.6 Å². The maximum atomic E-state index is 12.0. The maximum Gasteiger partial charge on any atom is 0.343 e. The Labute approximate surface area is 124 Å². The number of nitrogens with zero attached hydrogens (tertiary/aromatic N) is 2. The Morgan fingerprint density at radius 2 is 2.35 bits per heavy atom. The molecule has 1 aromatic rings. The van der Waals surface area contributed by atoms with Crippen LogP contribution in [0.4, 0.5) is 5.00 Å². The van der Waals surface area contributed by atoms with Gasteiger partial charge in [0.1, 0.15) is 10.6 Å². The molecule has 112 valence electrons. The smallest absolute Gasteiger partial charge is 0.343 e.